The molecule has 0 aliphatic rings. The molecular formula is C11H11ClN2O3. The van der Waals surface area contributed by atoms with Crippen LogP contribution < -0.4 is 16.0 Å². The number of benzene rings is 1. The van der Waals surface area contributed by atoms with Gasteiger partial charge >= 0.3 is 5.69 Å². The minimum absolute atomic E-state index is 0.406. The van der Waals surface area contributed by atoms with Crippen molar-refractivity contribution in [3.05, 3.63) is 39.0 Å². The monoisotopic (exact) mass is 254 g/mol. The maximum absolute atomic E-state index is 11.4. The molecule has 2 aromatic rings. The number of aromatic amines is 2. The maximum Gasteiger partial charge on any atom is 0.326 e. The Balaban J connectivity index is 2.37. The largest absolute Gasteiger partial charge is 0.493 e. The highest BCUT2D eigenvalue weighted by Crippen LogP contribution is 2.15. The molecule has 0 aliphatic heterocycles. The SMILES string of the molecule is O=c1[nH]c(=O)c2ccc(OCCCCl)cc2[nH]1. The van der Waals surface area contributed by atoms with E-state index in [-0.39, 0.29) is 0 Å². The van der Waals surface area contributed by atoms with Crippen LogP contribution in [0.4, 0.5) is 0 Å². The zero-order valence-electron chi connectivity index (χ0n) is 8.96. The van der Waals surface area contributed by atoms with Gasteiger partial charge in [0.2, 0.25) is 0 Å². The quantitative estimate of drug-likeness (QED) is 0.636. The first-order chi connectivity index (χ1) is 8.20. The van der Waals surface area contributed by atoms with Gasteiger partial charge in [0.05, 0.1) is 17.5 Å². The van der Waals surface area contributed by atoms with Gasteiger partial charge in [-0.3, -0.25) is 9.78 Å². The van der Waals surface area contributed by atoms with Gasteiger partial charge in [0.25, 0.3) is 5.56 Å². The number of alkyl halides is 1. The standard InChI is InChI=1S/C11H11ClN2O3/c12-4-1-5-17-7-2-3-8-9(6-7)13-11(16)14-10(8)15/h2-3,6H,1,4-5H2,(H2,13,14,15,16). The fourth-order valence-electron chi connectivity index (χ4n) is 1.48. The summed E-state index contributed by atoms with van der Waals surface area (Å²) in [5.74, 6) is 1.13. The van der Waals surface area contributed by atoms with Crippen molar-refractivity contribution in [2.45, 2.75) is 6.42 Å². The smallest absolute Gasteiger partial charge is 0.326 e. The lowest BCUT2D eigenvalue weighted by Crippen LogP contribution is -2.21. The first-order valence-corrected chi connectivity index (χ1v) is 5.69. The zero-order valence-corrected chi connectivity index (χ0v) is 9.71. The molecule has 0 amide bonds. The van der Waals surface area contributed by atoms with Crippen molar-refractivity contribution in [1.82, 2.24) is 9.97 Å². The van der Waals surface area contributed by atoms with Gasteiger partial charge in [-0.05, 0) is 18.6 Å². The van der Waals surface area contributed by atoms with Crippen molar-refractivity contribution in [3.8, 4) is 5.75 Å². The number of rotatable bonds is 4. The molecule has 6 heteroatoms. The van der Waals surface area contributed by atoms with Crippen LogP contribution in [0.1, 0.15) is 6.42 Å². The summed E-state index contributed by atoms with van der Waals surface area (Å²) in [4.78, 5) is 27.2. The third-order valence-corrected chi connectivity index (χ3v) is 2.52. The van der Waals surface area contributed by atoms with Crippen LogP contribution in [0, 0.1) is 0 Å². The highest BCUT2D eigenvalue weighted by atomic mass is 35.5. The number of hydrogen-bond donors (Lipinski definition) is 2. The van der Waals surface area contributed by atoms with Crippen molar-refractivity contribution in [1.29, 1.82) is 0 Å². The van der Waals surface area contributed by atoms with Gasteiger partial charge < -0.3 is 9.72 Å². The zero-order chi connectivity index (χ0) is 12.3. The van der Waals surface area contributed by atoms with E-state index in [9.17, 15) is 9.59 Å². The molecule has 0 saturated heterocycles. The summed E-state index contributed by atoms with van der Waals surface area (Å²) >= 11 is 5.53. The molecule has 1 aromatic heterocycles. The first kappa shape index (κ1) is 11.7. The number of halogens is 1. The van der Waals surface area contributed by atoms with Gasteiger partial charge in [-0.25, -0.2) is 4.79 Å². The molecule has 1 heterocycles. The van der Waals surface area contributed by atoms with Crippen molar-refractivity contribution in [2.24, 2.45) is 0 Å². The molecule has 0 unspecified atom stereocenters. The second kappa shape index (κ2) is 5.05. The van der Waals surface area contributed by atoms with E-state index in [0.717, 1.165) is 6.42 Å². The summed E-state index contributed by atoms with van der Waals surface area (Å²) in [5, 5.41) is 0.425. The van der Waals surface area contributed by atoms with Crippen molar-refractivity contribution >= 4 is 22.5 Å². The van der Waals surface area contributed by atoms with Crippen LogP contribution in [0.2, 0.25) is 0 Å². The average molecular weight is 255 g/mol. The van der Waals surface area contributed by atoms with E-state index in [1.54, 1.807) is 18.2 Å². The molecule has 5 nitrogen and oxygen atoms in total. The van der Waals surface area contributed by atoms with E-state index in [1.165, 1.54) is 0 Å². The summed E-state index contributed by atoms with van der Waals surface area (Å²) in [5.41, 5.74) is -0.474. The first-order valence-electron chi connectivity index (χ1n) is 5.16. The molecule has 0 bridgehead atoms. The molecule has 0 aliphatic carbocycles. The van der Waals surface area contributed by atoms with Gasteiger partial charge in [-0.2, -0.15) is 0 Å². The third kappa shape index (κ3) is 2.68. The Kier molecular flexibility index (Phi) is 3.49. The Labute approximate surface area is 101 Å². The molecule has 0 spiro atoms. The number of nitrogens with one attached hydrogen (secondary N) is 2. The highest BCUT2D eigenvalue weighted by Gasteiger charge is 2.02. The lowest BCUT2D eigenvalue weighted by Gasteiger charge is -2.05. The van der Waals surface area contributed by atoms with Gasteiger partial charge in [-0.15, -0.1) is 11.6 Å². The summed E-state index contributed by atoms with van der Waals surface area (Å²) in [6, 6.07) is 4.92. The van der Waals surface area contributed by atoms with E-state index in [0.29, 0.717) is 29.1 Å². The normalized spacial score (nSPS) is 10.6. The van der Waals surface area contributed by atoms with Crippen LogP contribution in [0.5, 0.6) is 5.75 Å². The topological polar surface area (TPSA) is 74.9 Å². The molecule has 0 atom stereocenters. The fraction of sp³-hybridized carbons (Fsp3) is 0.273. The summed E-state index contributed by atoms with van der Waals surface area (Å²) in [7, 11) is 0. The molecule has 2 N–H and O–H groups in total. The number of H-pyrrole nitrogens is 2. The Bertz CT molecular complexity index is 632. The van der Waals surface area contributed by atoms with Crippen LogP contribution in [0.3, 0.4) is 0 Å². The second-order valence-electron chi connectivity index (χ2n) is 3.51. The van der Waals surface area contributed by atoms with E-state index in [2.05, 4.69) is 9.97 Å². The number of ether oxygens (including phenoxy) is 1. The minimum atomic E-state index is -0.527. The molecule has 17 heavy (non-hydrogen) atoms. The Morgan fingerprint density at radius 1 is 1.24 bits per heavy atom. The Morgan fingerprint density at radius 3 is 2.82 bits per heavy atom. The Morgan fingerprint density at radius 2 is 2.06 bits per heavy atom. The maximum atomic E-state index is 11.4. The highest BCUT2D eigenvalue weighted by molar-refractivity contribution is 6.17. The van der Waals surface area contributed by atoms with Gasteiger partial charge in [0.1, 0.15) is 5.75 Å². The molecule has 2 rings (SSSR count). The number of aromatic nitrogens is 2. The van der Waals surface area contributed by atoms with Crippen LogP contribution in [0.25, 0.3) is 10.9 Å². The van der Waals surface area contributed by atoms with Gasteiger partial charge in [0, 0.05) is 11.9 Å². The van der Waals surface area contributed by atoms with E-state index >= 15 is 0 Å². The minimum Gasteiger partial charge on any atom is -0.493 e. The van der Waals surface area contributed by atoms with Gasteiger partial charge in [0.15, 0.2) is 0 Å². The molecule has 0 saturated carbocycles. The average Bonchev–Trinajstić information content (AvgIpc) is 2.28. The number of hydrogen-bond acceptors (Lipinski definition) is 3. The van der Waals surface area contributed by atoms with Gasteiger partial charge in [-0.1, -0.05) is 0 Å². The van der Waals surface area contributed by atoms with E-state index in [1.807, 2.05) is 0 Å². The van der Waals surface area contributed by atoms with Crippen molar-refractivity contribution in [3.63, 3.8) is 0 Å². The van der Waals surface area contributed by atoms with E-state index in [4.69, 9.17) is 16.3 Å². The van der Waals surface area contributed by atoms with E-state index < -0.39 is 11.2 Å². The molecular weight excluding hydrogens is 244 g/mol. The molecule has 0 radical (unpaired) electrons. The van der Waals surface area contributed by atoms with Crippen LogP contribution in [0.15, 0.2) is 27.8 Å². The lowest BCUT2D eigenvalue weighted by molar-refractivity contribution is 0.318. The summed E-state index contributed by atoms with van der Waals surface area (Å²) in [6.07, 6.45) is 0.742. The molecule has 0 fully saturated rings. The summed E-state index contributed by atoms with van der Waals surface area (Å²) < 4.78 is 5.42. The number of fused-ring (bicyclic) bond motifs is 1. The van der Waals surface area contributed by atoms with Crippen LogP contribution in [-0.4, -0.2) is 22.5 Å². The van der Waals surface area contributed by atoms with Crippen molar-refractivity contribution in [2.75, 3.05) is 12.5 Å². The van der Waals surface area contributed by atoms with Crippen LogP contribution in [-0.2, 0) is 0 Å². The third-order valence-electron chi connectivity index (χ3n) is 2.26. The fourth-order valence-corrected chi connectivity index (χ4v) is 1.59. The van der Waals surface area contributed by atoms with Crippen molar-refractivity contribution < 1.29 is 4.74 Å². The molecule has 1 aromatic carbocycles. The predicted molar refractivity (Wildman–Crippen MR) is 66.0 cm³/mol. The summed E-state index contributed by atoms with van der Waals surface area (Å²) in [6.45, 7) is 0.502. The Hall–Kier alpha value is -1.75. The van der Waals surface area contributed by atoms with Crippen LogP contribution >= 0.6 is 11.6 Å². The predicted octanol–water partition coefficient (Wildman–Crippen LogP) is 1.22. The molecule has 90 valence electrons. The second-order valence-corrected chi connectivity index (χ2v) is 3.88. The lowest BCUT2D eigenvalue weighted by atomic mass is 10.2.